The number of rotatable bonds is 6. The zero-order chi connectivity index (χ0) is 11.1. The summed E-state index contributed by atoms with van der Waals surface area (Å²) in [6.45, 7) is 9.37. The van der Waals surface area contributed by atoms with E-state index in [9.17, 15) is 0 Å². The predicted molar refractivity (Wildman–Crippen MR) is 63.1 cm³/mol. The lowest BCUT2D eigenvalue weighted by atomic mass is 10.4. The van der Waals surface area contributed by atoms with Crippen molar-refractivity contribution in [1.82, 2.24) is 15.3 Å². The van der Waals surface area contributed by atoms with E-state index in [1.54, 1.807) is 12.5 Å². The first kappa shape index (κ1) is 11.9. The summed E-state index contributed by atoms with van der Waals surface area (Å²) in [6.07, 6.45) is 3.37. The summed E-state index contributed by atoms with van der Waals surface area (Å²) in [5, 5.41) is 3.39. The Labute approximate surface area is 91.7 Å². The van der Waals surface area contributed by atoms with Gasteiger partial charge in [-0.15, -0.1) is 0 Å². The Morgan fingerprint density at radius 2 is 2.27 bits per heavy atom. The number of hydrogen-bond donors (Lipinski definition) is 1. The van der Waals surface area contributed by atoms with Crippen LogP contribution in [-0.4, -0.2) is 35.6 Å². The molecule has 4 nitrogen and oxygen atoms in total. The van der Waals surface area contributed by atoms with E-state index in [1.165, 1.54) is 0 Å². The maximum absolute atomic E-state index is 4.23. The molecule has 0 saturated carbocycles. The summed E-state index contributed by atoms with van der Waals surface area (Å²) in [7, 11) is 0. The Kier molecular flexibility index (Phi) is 5.04. The van der Waals surface area contributed by atoms with E-state index in [1.807, 2.05) is 6.07 Å². The van der Waals surface area contributed by atoms with Gasteiger partial charge in [0.15, 0.2) is 0 Å². The van der Waals surface area contributed by atoms with Gasteiger partial charge in [-0.2, -0.15) is 0 Å². The number of aromatic nitrogens is 2. The second-order valence-electron chi connectivity index (χ2n) is 3.76. The van der Waals surface area contributed by atoms with Gasteiger partial charge in [0.1, 0.15) is 12.1 Å². The highest BCUT2D eigenvalue weighted by atomic mass is 15.2. The molecule has 84 valence electrons. The van der Waals surface area contributed by atoms with Gasteiger partial charge in [-0.25, -0.2) is 9.97 Å². The summed E-state index contributed by atoms with van der Waals surface area (Å²) in [4.78, 5) is 10.4. The van der Waals surface area contributed by atoms with Crippen molar-refractivity contribution >= 4 is 5.82 Å². The molecular formula is C11H20N4. The molecule has 0 aliphatic rings. The average Bonchev–Trinajstić information content (AvgIpc) is 2.25. The van der Waals surface area contributed by atoms with Crippen LogP contribution in [0.25, 0.3) is 0 Å². The lowest BCUT2D eigenvalue weighted by Crippen LogP contribution is -2.35. The van der Waals surface area contributed by atoms with Crippen molar-refractivity contribution in [3.63, 3.8) is 0 Å². The van der Waals surface area contributed by atoms with E-state index in [-0.39, 0.29) is 0 Å². The van der Waals surface area contributed by atoms with Crippen LogP contribution in [0.15, 0.2) is 18.6 Å². The van der Waals surface area contributed by atoms with Crippen molar-refractivity contribution in [3.8, 4) is 0 Å². The molecule has 0 bridgehead atoms. The van der Waals surface area contributed by atoms with Crippen LogP contribution < -0.4 is 10.2 Å². The van der Waals surface area contributed by atoms with Gasteiger partial charge in [-0.05, 0) is 13.0 Å². The third-order valence-corrected chi connectivity index (χ3v) is 2.21. The maximum Gasteiger partial charge on any atom is 0.131 e. The van der Waals surface area contributed by atoms with Crippen LogP contribution in [0.2, 0.25) is 0 Å². The zero-order valence-corrected chi connectivity index (χ0v) is 9.77. The van der Waals surface area contributed by atoms with Crippen LogP contribution in [0.3, 0.4) is 0 Å². The number of nitrogens with one attached hydrogen (secondary N) is 1. The number of hydrogen-bond acceptors (Lipinski definition) is 4. The summed E-state index contributed by atoms with van der Waals surface area (Å²) in [5.41, 5.74) is 0. The third-order valence-electron chi connectivity index (χ3n) is 2.21. The standard InChI is InChI=1S/C11H20N4/c1-4-15(8-7-13-10(2)3)11-5-6-12-9-14-11/h5-6,9-10,13H,4,7-8H2,1-3H3. The molecule has 1 aromatic rings. The highest BCUT2D eigenvalue weighted by molar-refractivity contribution is 5.35. The smallest absolute Gasteiger partial charge is 0.131 e. The normalized spacial score (nSPS) is 10.7. The molecular weight excluding hydrogens is 188 g/mol. The Morgan fingerprint density at radius 1 is 1.47 bits per heavy atom. The third kappa shape index (κ3) is 4.25. The van der Waals surface area contributed by atoms with Gasteiger partial charge >= 0.3 is 0 Å². The maximum atomic E-state index is 4.23. The van der Waals surface area contributed by atoms with Crippen LogP contribution in [0.1, 0.15) is 20.8 Å². The van der Waals surface area contributed by atoms with E-state index in [2.05, 4.69) is 41.0 Å². The topological polar surface area (TPSA) is 41.0 Å². The van der Waals surface area contributed by atoms with Gasteiger partial charge < -0.3 is 10.2 Å². The van der Waals surface area contributed by atoms with E-state index in [4.69, 9.17) is 0 Å². The summed E-state index contributed by atoms with van der Waals surface area (Å²) in [6, 6.07) is 2.48. The molecule has 1 rings (SSSR count). The van der Waals surface area contributed by atoms with Gasteiger partial charge in [-0.1, -0.05) is 13.8 Å². The lowest BCUT2D eigenvalue weighted by molar-refractivity contribution is 0.582. The molecule has 0 fully saturated rings. The van der Waals surface area contributed by atoms with Gasteiger partial charge in [0.25, 0.3) is 0 Å². The largest absolute Gasteiger partial charge is 0.356 e. The van der Waals surface area contributed by atoms with Crippen molar-refractivity contribution in [1.29, 1.82) is 0 Å². The summed E-state index contributed by atoms with van der Waals surface area (Å²) in [5.74, 6) is 0.998. The molecule has 0 spiro atoms. The Hall–Kier alpha value is -1.16. The first-order valence-electron chi connectivity index (χ1n) is 5.48. The van der Waals surface area contributed by atoms with Gasteiger partial charge in [0, 0.05) is 31.9 Å². The van der Waals surface area contributed by atoms with Crippen molar-refractivity contribution in [2.45, 2.75) is 26.8 Å². The molecule has 15 heavy (non-hydrogen) atoms. The minimum atomic E-state index is 0.536. The zero-order valence-electron chi connectivity index (χ0n) is 9.77. The molecule has 0 saturated heterocycles. The SMILES string of the molecule is CCN(CCNC(C)C)c1ccncn1. The van der Waals surface area contributed by atoms with Gasteiger partial charge in [0.05, 0.1) is 0 Å². The minimum Gasteiger partial charge on any atom is -0.356 e. The fourth-order valence-electron chi connectivity index (χ4n) is 1.39. The number of likely N-dealkylation sites (N-methyl/N-ethyl adjacent to an activating group) is 1. The van der Waals surface area contributed by atoms with Gasteiger partial charge in [-0.3, -0.25) is 0 Å². The average molecular weight is 208 g/mol. The molecule has 4 heteroatoms. The van der Waals surface area contributed by atoms with Crippen molar-refractivity contribution in [3.05, 3.63) is 18.6 Å². The van der Waals surface area contributed by atoms with E-state index in [0.29, 0.717) is 6.04 Å². The molecule has 0 radical (unpaired) electrons. The van der Waals surface area contributed by atoms with E-state index in [0.717, 1.165) is 25.5 Å². The molecule has 0 aliphatic heterocycles. The van der Waals surface area contributed by atoms with Crippen LogP contribution in [0, 0.1) is 0 Å². The van der Waals surface area contributed by atoms with Gasteiger partial charge in [0.2, 0.25) is 0 Å². The molecule has 0 aromatic carbocycles. The fourth-order valence-corrected chi connectivity index (χ4v) is 1.39. The number of anilines is 1. The lowest BCUT2D eigenvalue weighted by Gasteiger charge is -2.22. The molecule has 1 aromatic heterocycles. The highest BCUT2D eigenvalue weighted by Crippen LogP contribution is 2.06. The quantitative estimate of drug-likeness (QED) is 0.765. The summed E-state index contributed by atoms with van der Waals surface area (Å²) < 4.78 is 0. The van der Waals surface area contributed by atoms with E-state index >= 15 is 0 Å². The minimum absolute atomic E-state index is 0.536. The second-order valence-corrected chi connectivity index (χ2v) is 3.76. The van der Waals surface area contributed by atoms with E-state index < -0.39 is 0 Å². The Morgan fingerprint density at radius 3 is 2.80 bits per heavy atom. The Balaban J connectivity index is 2.43. The van der Waals surface area contributed by atoms with Crippen LogP contribution in [-0.2, 0) is 0 Å². The van der Waals surface area contributed by atoms with Crippen LogP contribution in [0.4, 0.5) is 5.82 Å². The van der Waals surface area contributed by atoms with Crippen molar-refractivity contribution in [2.75, 3.05) is 24.5 Å². The number of nitrogens with zero attached hydrogens (tertiary/aromatic N) is 3. The first-order valence-corrected chi connectivity index (χ1v) is 5.48. The predicted octanol–water partition coefficient (Wildman–Crippen LogP) is 1.30. The molecule has 0 unspecified atom stereocenters. The summed E-state index contributed by atoms with van der Waals surface area (Å²) >= 11 is 0. The highest BCUT2D eigenvalue weighted by Gasteiger charge is 2.04. The van der Waals surface area contributed by atoms with Crippen LogP contribution in [0.5, 0.6) is 0 Å². The van der Waals surface area contributed by atoms with Crippen LogP contribution >= 0.6 is 0 Å². The first-order chi connectivity index (χ1) is 7.24. The molecule has 0 atom stereocenters. The molecule has 1 heterocycles. The Bertz CT molecular complexity index is 261. The monoisotopic (exact) mass is 208 g/mol. The van der Waals surface area contributed by atoms with Crippen molar-refractivity contribution < 1.29 is 0 Å². The molecule has 0 aliphatic carbocycles. The fraction of sp³-hybridized carbons (Fsp3) is 0.636. The molecule has 0 amide bonds. The molecule has 1 N–H and O–H groups in total. The second kappa shape index (κ2) is 6.35. The van der Waals surface area contributed by atoms with Crippen molar-refractivity contribution in [2.24, 2.45) is 0 Å².